The SMILES string of the molecule is Cc1ccc(-c2sc3cc(O)ccc3c2Oc2ccc(OCCCOCCCOCCCOc3ccc4c(c3)CN(C3CCC(=O)NC3=O)C4=O)cc2)cc1. The summed E-state index contributed by atoms with van der Waals surface area (Å²) in [5, 5.41) is 13.3. The molecule has 0 saturated carbocycles. The molecule has 0 aliphatic carbocycles. The zero-order chi connectivity index (χ0) is 38.1. The van der Waals surface area contributed by atoms with Gasteiger partial charge in [0.2, 0.25) is 11.8 Å². The number of carbonyl (C=O) groups is 3. The highest BCUT2D eigenvalue weighted by Crippen LogP contribution is 2.47. The van der Waals surface area contributed by atoms with E-state index >= 15 is 0 Å². The largest absolute Gasteiger partial charge is 0.508 e. The van der Waals surface area contributed by atoms with Gasteiger partial charge in [0.05, 0.1) is 18.1 Å². The summed E-state index contributed by atoms with van der Waals surface area (Å²) < 4.78 is 30.7. The Kier molecular flexibility index (Phi) is 12.3. The number of phenols is 1. The topological polar surface area (TPSA) is 133 Å². The van der Waals surface area contributed by atoms with Gasteiger partial charge < -0.3 is 33.7 Å². The van der Waals surface area contributed by atoms with Crippen LogP contribution in [0.2, 0.25) is 0 Å². The van der Waals surface area contributed by atoms with Gasteiger partial charge in [-0.1, -0.05) is 29.8 Å². The first-order valence-electron chi connectivity index (χ1n) is 18.6. The lowest BCUT2D eigenvalue weighted by Gasteiger charge is -2.29. The number of benzene rings is 4. The number of aromatic hydroxyl groups is 1. The molecular formula is C43H44N2O9S. The van der Waals surface area contributed by atoms with Gasteiger partial charge in [0.1, 0.15) is 29.0 Å². The van der Waals surface area contributed by atoms with Crippen LogP contribution in [0.4, 0.5) is 0 Å². The van der Waals surface area contributed by atoms with E-state index in [-0.39, 0.29) is 24.0 Å². The first-order chi connectivity index (χ1) is 26.8. The number of hydrogen-bond donors (Lipinski definition) is 2. The summed E-state index contributed by atoms with van der Waals surface area (Å²) >= 11 is 1.60. The Morgan fingerprint density at radius 2 is 1.42 bits per heavy atom. The molecule has 1 saturated heterocycles. The van der Waals surface area contributed by atoms with Crippen LogP contribution >= 0.6 is 11.3 Å². The highest BCUT2D eigenvalue weighted by atomic mass is 32.1. The Morgan fingerprint density at radius 3 is 2.13 bits per heavy atom. The van der Waals surface area contributed by atoms with Crippen LogP contribution in [0.5, 0.6) is 28.7 Å². The molecule has 11 nitrogen and oxygen atoms in total. The van der Waals surface area contributed by atoms with Crippen molar-refractivity contribution in [3.05, 3.63) is 102 Å². The molecule has 2 aliphatic rings. The average Bonchev–Trinajstić information content (AvgIpc) is 3.70. The van der Waals surface area contributed by atoms with Crippen molar-refractivity contribution in [1.82, 2.24) is 10.2 Å². The molecule has 286 valence electrons. The molecule has 3 heterocycles. The smallest absolute Gasteiger partial charge is 0.255 e. The van der Waals surface area contributed by atoms with E-state index in [2.05, 4.69) is 36.5 Å². The summed E-state index contributed by atoms with van der Waals surface area (Å²) in [6.07, 6.45) is 2.83. The Bertz CT molecular complexity index is 2130. The number of fused-ring (bicyclic) bond motifs is 2. The lowest BCUT2D eigenvalue weighted by atomic mass is 10.0. The molecule has 1 fully saturated rings. The van der Waals surface area contributed by atoms with Crippen molar-refractivity contribution in [2.24, 2.45) is 0 Å². The van der Waals surface area contributed by atoms with Crippen molar-refractivity contribution in [2.45, 2.75) is 51.6 Å². The van der Waals surface area contributed by atoms with Crippen LogP contribution in [0.1, 0.15) is 53.6 Å². The van der Waals surface area contributed by atoms with E-state index < -0.39 is 11.9 Å². The highest BCUT2D eigenvalue weighted by Gasteiger charge is 2.39. The predicted octanol–water partition coefficient (Wildman–Crippen LogP) is 7.80. The molecule has 0 spiro atoms. The molecule has 1 unspecified atom stereocenters. The number of nitrogens with zero attached hydrogens (tertiary/aromatic N) is 1. The Balaban J connectivity index is 0.742. The Labute approximate surface area is 323 Å². The first kappa shape index (κ1) is 37.9. The highest BCUT2D eigenvalue weighted by molar-refractivity contribution is 7.22. The number of nitrogens with one attached hydrogen (secondary N) is 1. The van der Waals surface area contributed by atoms with Crippen molar-refractivity contribution in [2.75, 3.05) is 39.6 Å². The van der Waals surface area contributed by atoms with Crippen molar-refractivity contribution in [3.63, 3.8) is 0 Å². The lowest BCUT2D eigenvalue weighted by molar-refractivity contribution is -0.136. The molecule has 3 amide bonds. The average molecular weight is 765 g/mol. The lowest BCUT2D eigenvalue weighted by Crippen LogP contribution is -2.52. The third-order valence-electron chi connectivity index (χ3n) is 9.46. The molecule has 5 aromatic rings. The molecule has 0 radical (unpaired) electrons. The molecule has 4 aromatic carbocycles. The van der Waals surface area contributed by atoms with Crippen molar-refractivity contribution in [3.8, 4) is 39.2 Å². The first-order valence-corrected chi connectivity index (χ1v) is 19.4. The van der Waals surface area contributed by atoms with Gasteiger partial charge in [-0.05, 0) is 91.6 Å². The Hall–Kier alpha value is -5.43. The van der Waals surface area contributed by atoms with Crippen LogP contribution in [0.3, 0.4) is 0 Å². The molecule has 0 bridgehead atoms. The van der Waals surface area contributed by atoms with Crippen LogP contribution < -0.4 is 19.5 Å². The maximum absolute atomic E-state index is 12.9. The standard InChI is InChI=1S/C43H44N2O9S/c1-28-5-7-29(8-6-28)41-40(36-15-9-31(46)26-38(36)55-41)54-33-12-10-32(11-13-33)52-23-3-21-50-19-2-20-51-22-4-24-53-34-14-16-35-30(25-34)27-45(43(35)49)37-17-18-39(47)44-42(37)48/h5-16,25-26,37,46H,2-4,17-24,27H2,1H3,(H,44,47,48). The van der Waals surface area contributed by atoms with E-state index in [0.717, 1.165) is 50.4 Å². The molecule has 55 heavy (non-hydrogen) atoms. The number of thiophene rings is 1. The van der Waals surface area contributed by atoms with Gasteiger partial charge in [0.15, 0.2) is 5.75 Å². The van der Waals surface area contributed by atoms with Crippen LogP contribution in [0.25, 0.3) is 20.5 Å². The fraction of sp³-hybridized carbons (Fsp3) is 0.326. The van der Waals surface area contributed by atoms with Gasteiger partial charge in [-0.25, -0.2) is 0 Å². The van der Waals surface area contributed by atoms with Crippen molar-refractivity contribution < 1.29 is 43.2 Å². The third-order valence-corrected chi connectivity index (χ3v) is 10.6. The third kappa shape index (κ3) is 9.45. The number of phenolic OH excluding ortho intramolecular Hbond substituents is 1. The number of hydrogen-bond acceptors (Lipinski definition) is 10. The van der Waals surface area contributed by atoms with Crippen LogP contribution in [-0.2, 0) is 25.6 Å². The van der Waals surface area contributed by atoms with Crippen LogP contribution in [-0.4, -0.2) is 73.4 Å². The van der Waals surface area contributed by atoms with Gasteiger partial charge in [0.25, 0.3) is 5.91 Å². The fourth-order valence-corrected chi connectivity index (χ4v) is 7.76. The minimum absolute atomic E-state index is 0.198. The molecule has 12 heteroatoms. The number of ether oxygens (including phenoxy) is 5. The summed E-state index contributed by atoms with van der Waals surface area (Å²) in [5.74, 6) is 2.20. The number of imide groups is 1. The molecule has 1 atom stereocenters. The number of rotatable bonds is 18. The zero-order valence-corrected chi connectivity index (χ0v) is 31.5. The predicted molar refractivity (Wildman–Crippen MR) is 209 cm³/mol. The van der Waals surface area contributed by atoms with E-state index in [0.29, 0.717) is 76.1 Å². The zero-order valence-electron chi connectivity index (χ0n) is 30.7. The molecule has 7 rings (SSSR count). The number of amides is 3. The molecule has 2 aliphatic heterocycles. The normalized spacial score (nSPS) is 15.3. The monoisotopic (exact) mass is 764 g/mol. The van der Waals surface area contributed by atoms with Crippen LogP contribution in [0.15, 0.2) is 84.9 Å². The summed E-state index contributed by atoms with van der Waals surface area (Å²) in [6, 6.07) is 26.0. The summed E-state index contributed by atoms with van der Waals surface area (Å²) in [5.41, 5.74) is 3.63. The number of piperidine rings is 1. The van der Waals surface area contributed by atoms with E-state index in [1.54, 1.807) is 35.6 Å². The van der Waals surface area contributed by atoms with E-state index in [4.69, 9.17) is 23.7 Å². The van der Waals surface area contributed by atoms with E-state index in [1.807, 2.05) is 36.4 Å². The van der Waals surface area contributed by atoms with Gasteiger partial charge in [-0.15, -0.1) is 11.3 Å². The number of aryl methyl sites for hydroxylation is 1. The second kappa shape index (κ2) is 17.8. The second-order valence-electron chi connectivity index (χ2n) is 13.6. The van der Waals surface area contributed by atoms with Crippen molar-refractivity contribution in [1.29, 1.82) is 0 Å². The molecule has 2 N–H and O–H groups in total. The molecular weight excluding hydrogens is 721 g/mol. The summed E-state index contributed by atoms with van der Waals surface area (Å²) in [4.78, 5) is 39.2. The van der Waals surface area contributed by atoms with Gasteiger partial charge in [-0.2, -0.15) is 0 Å². The van der Waals surface area contributed by atoms with E-state index in [1.165, 1.54) is 10.5 Å². The van der Waals surface area contributed by atoms with Gasteiger partial charge >= 0.3 is 0 Å². The van der Waals surface area contributed by atoms with Crippen molar-refractivity contribution >= 4 is 39.1 Å². The summed E-state index contributed by atoms with van der Waals surface area (Å²) in [6.45, 7) is 5.75. The fourth-order valence-electron chi connectivity index (χ4n) is 6.59. The Morgan fingerprint density at radius 1 is 0.764 bits per heavy atom. The van der Waals surface area contributed by atoms with Gasteiger partial charge in [0, 0.05) is 67.9 Å². The van der Waals surface area contributed by atoms with Gasteiger partial charge in [-0.3, -0.25) is 19.7 Å². The maximum atomic E-state index is 12.9. The minimum Gasteiger partial charge on any atom is -0.508 e. The minimum atomic E-state index is -0.632. The second-order valence-corrected chi connectivity index (χ2v) is 14.6. The number of carbonyl (C=O) groups excluding carboxylic acids is 3. The summed E-state index contributed by atoms with van der Waals surface area (Å²) in [7, 11) is 0. The maximum Gasteiger partial charge on any atom is 0.255 e. The molecule has 1 aromatic heterocycles. The van der Waals surface area contributed by atoms with E-state index in [9.17, 15) is 19.5 Å². The van der Waals surface area contributed by atoms with Crippen LogP contribution in [0, 0.1) is 6.92 Å². The quantitative estimate of drug-likeness (QED) is 0.0678.